The van der Waals surface area contributed by atoms with Gasteiger partial charge in [-0.1, -0.05) is 60.3 Å². The van der Waals surface area contributed by atoms with Crippen molar-refractivity contribution in [2.24, 2.45) is 7.05 Å². The van der Waals surface area contributed by atoms with E-state index in [9.17, 15) is 9.59 Å². The summed E-state index contributed by atoms with van der Waals surface area (Å²) >= 11 is 2.72. The number of Topliss-reactive ketones (excluding diaryl/α,β-unsaturated/α-hetero) is 1. The lowest BCUT2D eigenvalue weighted by Gasteiger charge is -2.08. The molecule has 30 heavy (non-hydrogen) atoms. The Bertz CT molecular complexity index is 1450. The Morgan fingerprint density at radius 3 is 2.67 bits per heavy atom. The first kappa shape index (κ1) is 18.8. The minimum absolute atomic E-state index is 0.00294. The van der Waals surface area contributed by atoms with E-state index in [0.717, 1.165) is 22.2 Å². The molecule has 5 nitrogen and oxygen atoms in total. The van der Waals surface area contributed by atoms with Crippen LogP contribution in [-0.4, -0.2) is 26.1 Å². The van der Waals surface area contributed by atoms with Crippen LogP contribution in [0.25, 0.3) is 32.4 Å². The topological polar surface area (TPSA) is 67.8 Å². The van der Waals surface area contributed by atoms with Gasteiger partial charge in [-0.25, -0.2) is 4.98 Å². The number of aromatic nitrogens is 3. The van der Waals surface area contributed by atoms with Gasteiger partial charge in [-0.2, -0.15) is 0 Å². The van der Waals surface area contributed by atoms with Crippen LogP contribution in [-0.2, 0) is 7.05 Å². The molecular formula is C23H17N3O2S2. The van der Waals surface area contributed by atoms with Crippen LogP contribution in [0.2, 0.25) is 0 Å². The maximum absolute atomic E-state index is 13.3. The number of fused-ring (bicyclic) bond motifs is 2. The molecule has 0 aliphatic carbocycles. The largest absolute Gasteiger partial charge is 0.354 e. The molecule has 3 aromatic heterocycles. The average Bonchev–Trinajstić information content (AvgIpc) is 3.40. The average molecular weight is 432 g/mol. The Labute approximate surface area is 180 Å². The number of carbonyl (C=O) groups is 1. The van der Waals surface area contributed by atoms with Crippen molar-refractivity contribution in [2.45, 2.75) is 5.16 Å². The summed E-state index contributed by atoms with van der Waals surface area (Å²) in [6, 6.07) is 19.5. The number of hydrogen-bond donors (Lipinski definition) is 1. The lowest BCUT2D eigenvalue weighted by Crippen LogP contribution is -2.19. The van der Waals surface area contributed by atoms with Gasteiger partial charge < -0.3 is 4.98 Å². The third-order valence-corrected chi connectivity index (χ3v) is 6.88. The lowest BCUT2D eigenvalue weighted by atomic mass is 10.0. The second-order valence-electron chi connectivity index (χ2n) is 6.90. The van der Waals surface area contributed by atoms with Gasteiger partial charge in [0.05, 0.1) is 22.4 Å². The van der Waals surface area contributed by atoms with Crippen molar-refractivity contribution in [2.75, 3.05) is 5.75 Å². The van der Waals surface area contributed by atoms with E-state index in [0.29, 0.717) is 20.9 Å². The molecular weight excluding hydrogens is 414 g/mol. The van der Waals surface area contributed by atoms with Crippen molar-refractivity contribution >= 4 is 50.0 Å². The van der Waals surface area contributed by atoms with Crippen molar-refractivity contribution in [3.63, 3.8) is 0 Å². The van der Waals surface area contributed by atoms with Crippen LogP contribution < -0.4 is 5.56 Å². The fourth-order valence-corrected chi connectivity index (χ4v) is 5.21. The number of H-pyrrole nitrogens is 1. The van der Waals surface area contributed by atoms with Gasteiger partial charge in [0.15, 0.2) is 10.9 Å². The Morgan fingerprint density at radius 2 is 1.83 bits per heavy atom. The van der Waals surface area contributed by atoms with E-state index >= 15 is 0 Å². The van der Waals surface area contributed by atoms with Crippen LogP contribution in [0.1, 0.15) is 10.4 Å². The summed E-state index contributed by atoms with van der Waals surface area (Å²) in [5.74, 6) is 0.190. The molecule has 2 aromatic carbocycles. The van der Waals surface area contributed by atoms with Crippen LogP contribution in [0.4, 0.5) is 0 Å². The van der Waals surface area contributed by atoms with Crippen LogP contribution in [0, 0.1) is 0 Å². The highest BCUT2D eigenvalue weighted by Gasteiger charge is 2.20. The van der Waals surface area contributed by atoms with Crippen molar-refractivity contribution in [1.29, 1.82) is 0 Å². The molecule has 0 aliphatic heterocycles. The predicted molar refractivity (Wildman–Crippen MR) is 124 cm³/mol. The van der Waals surface area contributed by atoms with Gasteiger partial charge in [-0.15, -0.1) is 11.3 Å². The number of benzene rings is 2. The first-order valence-corrected chi connectivity index (χ1v) is 11.3. The van der Waals surface area contributed by atoms with Crippen LogP contribution in [0.5, 0.6) is 0 Å². The molecule has 5 rings (SSSR count). The number of nitrogens with zero attached hydrogens (tertiary/aromatic N) is 2. The minimum atomic E-state index is -0.0896. The van der Waals surface area contributed by atoms with Crippen molar-refractivity contribution in [3.05, 3.63) is 82.0 Å². The van der Waals surface area contributed by atoms with Crippen LogP contribution >= 0.6 is 23.1 Å². The highest BCUT2D eigenvalue weighted by molar-refractivity contribution is 7.99. The first-order valence-electron chi connectivity index (χ1n) is 9.40. The molecule has 5 aromatic rings. The molecule has 7 heteroatoms. The van der Waals surface area contributed by atoms with Crippen molar-refractivity contribution in [1.82, 2.24) is 14.5 Å². The zero-order valence-electron chi connectivity index (χ0n) is 16.1. The number of hydrogen-bond acceptors (Lipinski definition) is 5. The molecule has 3 heterocycles. The highest BCUT2D eigenvalue weighted by atomic mass is 32.2. The highest BCUT2D eigenvalue weighted by Crippen LogP contribution is 2.32. The van der Waals surface area contributed by atoms with Gasteiger partial charge in [0, 0.05) is 18.0 Å². The third-order valence-electron chi connectivity index (χ3n) is 5.04. The maximum atomic E-state index is 13.3. The molecule has 0 saturated carbocycles. The SMILES string of the molecule is Cn1c(SCC(=O)c2c(-c3ccccc3)[nH]c3ccccc23)nc2sccc2c1=O. The number of thioether (sulfide) groups is 1. The first-order chi connectivity index (χ1) is 14.6. The summed E-state index contributed by atoms with van der Waals surface area (Å²) in [5, 5.41) is 3.92. The van der Waals surface area contributed by atoms with E-state index in [2.05, 4.69) is 9.97 Å². The van der Waals surface area contributed by atoms with E-state index in [1.807, 2.05) is 60.0 Å². The van der Waals surface area contributed by atoms with Crippen molar-refractivity contribution < 1.29 is 4.79 Å². The zero-order valence-corrected chi connectivity index (χ0v) is 17.7. The monoisotopic (exact) mass is 431 g/mol. The Balaban J connectivity index is 1.53. The summed E-state index contributed by atoms with van der Waals surface area (Å²) in [4.78, 5) is 34.5. The zero-order chi connectivity index (χ0) is 20.7. The van der Waals surface area contributed by atoms with Gasteiger partial charge in [-0.05, 0) is 23.1 Å². The molecule has 0 spiro atoms. The van der Waals surface area contributed by atoms with Gasteiger partial charge in [-0.3, -0.25) is 14.2 Å². The number of carbonyl (C=O) groups excluding carboxylic acids is 1. The number of rotatable bonds is 5. The standard InChI is InChI=1S/C23H17N3O2S2/c1-26-22(28)16-11-12-29-21(16)25-23(26)30-13-18(27)19-15-9-5-6-10-17(15)24-20(19)14-7-3-2-4-8-14/h2-12,24H,13H2,1H3. The molecule has 0 fully saturated rings. The van der Waals surface area contributed by atoms with Crippen LogP contribution in [0.15, 0.2) is 76.0 Å². The summed E-state index contributed by atoms with van der Waals surface area (Å²) in [6.45, 7) is 0. The summed E-state index contributed by atoms with van der Waals surface area (Å²) in [7, 11) is 1.69. The molecule has 0 amide bonds. The summed E-state index contributed by atoms with van der Waals surface area (Å²) in [5.41, 5.74) is 3.29. The Morgan fingerprint density at radius 1 is 1.07 bits per heavy atom. The smallest absolute Gasteiger partial charge is 0.262 e. The number of thiophene rings is 1. The second kappa shape index (κ2) is 7.59. The lowest BCUT2D eigenvalue weighted by molar-refractivity contribution is 0.102. The number of para-hydroxylation sites is 1. The van der Waals surface area contributed by atoms with Gasteiger partial charge >= 0.3 is 0 Å². The minimum Gasteiger partial charge on any atom is -0.354 e. The number of aromatic amines is 1. The molecule has 0 radical (unpaired) electrons. The summed E-state index contributed by atoms with van der Waals surface area (Å²) in [6.07, 6.45) is 0. The van der Waals surface area contributed by atoms with Gasteiger partial charge in [0.2, 0.25) is 0 Å². The molecule has 0 atom stereocenters. The van der Waals surface area contributed by atoms with E-state index < -0.39 is 0 Å². The fraction of sp³-hybridized carbons (Fsp3) is 0.0870. The van der Waals surface area contributed by atoms with Gasteiger partial charge in [0.1, 0.15) is 4.83 Å². The quantitative estimate of drug-likeness (QED) is 0.238. The molecule has 148 valence electrons. The van der Waals surface area contributed by atoms with E-state index in [1.54, 1.807) is 13.1 Å². The molecule has 0 unspecified atom stereocenters. The normalized spacial score (nSPS) is 11.4. The number of nitrogens with one attached hydrogen (secondary N) is 1. The molecule has 0 saturated heterocycles. The predicted octanol–water partition coefficient (Wildman–Crippen LogP) is 5.12. The summed E-state index contributed by atoms with van der Waals surface area (Å²) < 4.78 is 1.51. The molecule has 1 N–H and O–H groups in total. The Kier molecular flexibility index (Phi) is 4.77. The Hall–Kier alpha value is -3.16. The van der Waals surface area contributed by atoms with Crippen molar-refractivity contribution in [3.8, 4) is 11.3 Å². The number of ketones is 1. The van der Waals surface area contributed by atoms with E-state index in [1.165, 1.54) is 27.7 Å². The maximum Gasteiger partial charge on any atom is 0.262 e. The van der Waals surface area contributed by atoms with E-state index in [-0.39, 0.29) is 17.1 Å². The van der Waals surface area contributed by atoms with Gasteiger partial charge in [0.25, 0.3) is 5.56 Å². The molecule has 0 bridgehead atoms. The third kappa shape index (κ3) is 3.16. The second-order valence-corrected chi connectivity index (χ2v) is 8.73. The fourth-order valence-electron chi connectivity index (χ4n) is 3.56. The molecule has 0 aliphatic rings. The van der Waals surface area contributed by atoms with Crippen LogP contribution in [0.3, 0.4) is 0 Å². The van der Waals surface area contributed by atoms with E-state index in [4.69, 9.17) is 0 Å².